The minimum absolute atomic E-state index is 0.0127. The number of carbonyl (C=O) groups is 1. The zero-order chi connectivity index (χ0) is 18.3. The maximum absolute atomic E-state index is 12.8. The molecule has 2 atom stereocenters. The van der Waals surface area contributed by atoms with E-state index in [1.165, 1.54) is 4.31 Å². The number of carbonyl (C=O) groups excluding carboxylic acids is 1. The molecule has 1 aromatic carbocycles. The first-order valence-electron chi connectivity index (χ1n) is 9.31. The SMILES string of the molecule is CCC[C@@H](NC(=O)[C@H]1CCCN(S(=O)(=O)CCC)C1)c1ccccc1. The van der Waals surface area contributed by atoms with Gasteiger partial charge in [-0.25, -0.2) is 12.7 Å². The summed E-state index contributed by atoms with van der Waals surface area (Å²) in [5.74, 6) is -0.133. The molecular formula is C19H30N2O3S. The van der Waals surface area contributed by atoms with Crippen LogP contribution < -0.4 is 5.32 Å². The molecule has 1 heterocycles. The Bertz CT molecular complexity index is 646. The minimum atomic E-state index is -3.24. The van der Waals surface area contributed by atoms with Crippen LogP contribution >= 0.6 is 0 Å². The fraction of sp³-hybridized carbons (Fsp3) is 0.632. The predicted octanol–water partition coefficient (Wildman–Crippen LogP) is 3.10. The van der Waals surface area contributed by atoms with Crippen LogP contribution in [0.15, 0.2) is 30.3 Å². The van der Waals surface area contributed by atoms with Crippen LogP contribution in [0.25, 0.3) is 0 Å². The summed E-state index contributed by atoms with van der Waals surface area (Å²) in [5, 5.41) is 3.15. The average molecular weight is 367 g/mol. The van der Waals surface area contributed by atoms with E-state index in [1.807, 2.05) is 37.3 Å². The Hall–Kier alpha value is -1.40. The second-order valence-corrected chi connectivity index (χ2v) is 8.86. The largest absolute Gasteiger partial charge is 0.349 e. The topological polar surface area (TPSA) is 66.5 Å². The molecule has 6 heteroatoms. The molecule has 1 aliphatic rings. The lowest BCUT2D eigenvalue weighted by atomic mass is 9.96. The van der Waals surface area contributed by atoms with Gasteiger partial charge in [-0.05, 0) is 31.2 Å². The first-order chi connectivity index (χ1) is 12.0. The monoisotopic (exact) mass is 366 g/mol. The van der Waals surface area contributed by atoms with E-state index < -0.39 is 10.0 Å². The summed E-state index contributed by atoms with van der Waals surface area (Å²) in [6, 6.07) is 9.96. The number of amides is 1. The highest BCUT2D eigenvalue weighted by Gasteiger charge is 2.32. The Kier molecular flexibility index (Phi) is 7.44. The number of hydrogen-bond donors (Lipinski definition) is 1. The molecular weight excluding hydrogens is 336 g/mol. The molecule has 2 rings (SSSR count). The normalized spacial score (nSPS) is 20.2. The van der Waals surface area contributed by atoms with E-state index in [1.54, 1.807) is 0 Å². The van der Waals surface area contributed by atoms with Gasteiger partial charge in [-0.2, -0.15) is 0 Å². The molecule has 0 bridgehead atoms. The molecule has 0 aromatic heterocycles. The highest BCUT2D eigenvalue weighted by Crippen LogP contribution is 2.23. The third-order valence-corrected chi connectivity index (χ3v) is 6.75. The Morgan fingerprint density at radius 2 is 1.96 bits per heavy atom. The van der Waals surface area contributed by atoms with Crippen LogP contribution in [0.5, 0.6) is 0 Å². The first kappa shape index (κ1) is 19.9. The van der Waals surface area contributed by atoms with Gasteiger partial charge in [0.05, 0.1) is 17.7 Å². The molecule has 1 aliphatic heterocycles. The van der Waals surface area contributed by atoms with E-state index in [4.69, 9.17) is 0 Å². The minimum Gasteiger partial charge on any atom is -0.349 e. The summed E-state index contributed by atoms with van der Waals surface area (Å²) in [6.45, 7) is 4.80. The Balaban J connectivity index is 2.03. The predicted molar refractivity (Wildman–Crippen MR) is 101 cm³/mol. The molecule has 1 N–H and O–H groups in total. The van der Waals surface area contributed by atoms with Crippen LogP contribution in [0.1, 0.15) is 57.6 Å². The summed E-state index contributed by atoms with van der Waals surface area (Å²) in [4.78, 5) is 12.8. The number of hydrogen-bond acceptors (Lipinski definition) is 3. The van der Waals surface area contributed by atoms with Gasteiger partial charge in [-0.1, -0.05) is 50.6 Å². The van der Waals surface area contributed by atoms with Crippen molar-refractivity contribution < 1.29 is 13.2 Å². The van der Waals surface area contributed by atoms with Gasteiger partial charge < -0.3 is 5.32 Å². The van der Waals surface area contributed by atoms with Crippen LogP contribution in [-0.2, 0) is 14.8 Å². The number of benzene rings is 1. The van der Waals surface area contributed by atoms with Crippen molar-refractivity contribution in [1.29, 1.82) is 0 Å². The zero-order valence-electron chi connectivity index (χ0n) is 15.3. The molecule has 1 saturated heterocycles. The lowest BCUT2D eigenvalue weighted by Gasteiger charge is -2.32. The van der Waals surface area contributed by atoms with E-state index in [-0.39, 0.29) is 23.6 Å². The molecule has 0 aliphatic carbocycles. The average Bonchev–Trinajstić information content (AvgIpc) is 2.62. The van der Waals surface area contributed by atoms with Crippen molar-refractivity contribution in [3.63, 3.8) is 0 Å². The van der Waals surface area contributed by atoms with E-state index in [0.717, 1.165) is 31.2 Å². The molecule has 25 heavy (non-hydrogen) atoms. The van der Waals surface area contributed by atoms with Gasteiger partial charge >= 0.3 is 0 Å². The van der Waals surface area contributed by atoms with E-state index in [0.29, 0.717) is 19.5 Å². The van der Waals surface area contributed by atoms with Gasteiger partial charge in [0.15, 0.2) is 0 Å². The maximum atomic E-state index is 12.8. The summed E-state index contributed by atoms with van der Waals surface area (Å²) < 4.78 is 26.1. The summed E-state index contributed by atoms with van der Waals surface area (Å²) in [6.07, 6.45) is 3.94. The molecule has 140 valence electrons. The number of sulfonamides is 1. The number of nitrogens with one attached hydrogen (secondary N) is 1. The lowest BCUT2D eigenvalue weighted by Crippen LogP contribution is -2.46. The number of piperidine rings is 1. The fourth-order valence-electron chi connectivity index (χ4n) is 3.38. The van der Waals surface area contributed by atoms with Crippen molar-refractivity contribution in [1.82, 2.24) is 9.62 Å². The fourth-order valence-corrected chi connectivity index (χ4v) is 4.97. The Morgan fingerprint density at radius 3 is 2.60 bits per heavy atom. The molecule has 0 radical (unpaired) electrons. The van der Waals surface area contributed by atoms with Crippen molar-refractivity contribution in [3.8, 4) is 0 Å². The molecule has 0 saturated carbocycles. The third kappa shape index (κ3) is 5.54. The second-order valence-electron chi connectivity index (χ2n) is 6.77. The van der Waals surface area contributed by atoms with Crippen LogP contribution in [0, 0.1) is 5.92 Å². The van der Waals surface area contributed by atoms with Gasteiger partial charge in [0, 0.05) is 13.1 Å². The molecule has 0 spiro atoms. The molecule has 1 fully saturated rings. The van der Waals surface area contributed by atoms with Gasteiger partial charge in [0.25, 0.3) is 0 Å². The van der Waals surface area contributed by atoms with Crippen molar-refractivity contribution in [3.05, 3.63) is 35.9 Å². The van der Waals surface area contributed by atoms with Crippen molar-refractivity contribution >= 4 is 15.9 Å². The van der Waals surface area contributed by atoms with Crippen molar-refractivity contribution in [2.45, 2.75) is 52.0 Å². The van der Waals surface area contributed by atoms with Crippen molar-refractivity contribution in [2.75, 3.05) is 18.8 Å². The molecule has 1 amide bonds. The smallest absolute Gasteiger partial charge is 0.224 e. The summed E-state index contributed by atoms with van der Waals surface area (Å²) in [7, 11) is -3.24. The molecule has 1 aromatic rings. The highest BCUT2D eigenvalue weighted by molar-refractivity contribution is 7.89. The first-order valence-corrected chi connectivity index (χ1v) is 10.9. The molecule has 0 unspecified atom stereocenters. The number of nitrogens with zero attached hydrogens (tertiary/aromatic N) is 1. The zero-order valence-corrected chi connectivity index (χ0v) is 16.1. The maximum Gasteiger partial charge on any atom is 0.224 e. The van der Waals surface area contributed by atoms with Crippen LogP contribution in [0.3, 0.4) is 0 Å². The van der Waals surface area contributed by atoms with E-state index >= 15 is 0 Å². The Labute approximate surface area is 151 Å². The summed E-state index contributed by atoms with van der Waals surface area (Å²) >= 11 is 0. The van der Waals surface area contributed by atoms with Gasteiger partial charge in [0.2, 0.25) is 15.9 Å². The van der Waals surface area contributed by atoms with Crippen LogP contribution in [0.2, 0.25) is 0 Å². The molecule has 5 nitrogen and oxygen atoms in total. The van der Waals surface area contributed by atoms with Gasteiger partial charge in [0.1, 0.15) is 0 Å². The number of rotatable bonds is 8. The van der Waals surface area contributed by atoms with Gasteiger partial charge in [-0.3, -0.25) is 4.79 Å². The van der Waals surface area contributed by atoms with E-state index in [2.05, 4.69) is 12.2 Å². The van der Waals surface area contributed by atoms with Crippen molar-refractivity contribution in [2.24, 2.45) is 5.92 Å². The summed E-state index contributed by atoms with van der Waals surface area (Å²) in [5.41, 5.74) is 1.10. The quantitative estimate of drug-likeness (QED) is 0.769. The lowest BCUT2D eigenvalue weighted by molar-refractivity contribution is -0.126. The standard InChI is InChI=1S/C19H30N2O3S/c1-3-9-18(16-10-6-5-7-11-16)20-19(22)17-12-8-13-21(15-17)25(23,24)14-4-2/h5-7,10-11,17-18H,3-4,8-9,12-15H2,1-2H3,(H,20,22)/t17-,18+/m0/s1. The van der Waals surface area contributed by atoms with Crippen LogP contribution in [0.4, 0.5) is 0 Å². The van der Waals surface area contributed by atoms with Gasteiger partial charge in [-0.15, -0.1) is 0 Å². The Morgan fingerprint density at radius 1 is 1.24 bits per heavy atom. The highest BCUT2D eigenvalue weighted by atomic mass is 32.2. The third-order valence-electron chi connectivity index (χ3n) is 4.71. The van der Waals surface area contributed by atoms with E-state index in [9.17, 15) is 13.2 Å². The second kappa shape index (κ2) is 9.34. The van der Waals surface area contributed by atoms with Crippen LogP contribution in [-0.4, -0.2) is 37.5 Å².